The number of rotatable bonds is 5. The molecule has 0 spiro atoms. The van der Waals surface area contributed by atoms with E-state index < -0.39 is 0 Å². The summed E-state index contributed by atoms with van der Waals surface area (Å²) < 4.78 is 7.07. The second-order valence-corrected chi connectivity index (χ2v) is 5.94. The third kappa shape index (κ3) is 2.14. The summed E-state index contributed by atoms with van der Waals surface area (Å²) in [5, 5.41) is 7.31. The van der Waals surface area contributed by atoms with Gasteiger partial charge in [-0.1, -0.05) is 0 Å². The fraction of sp³-hybridized carbons (Fsp3) is 0.692. The van der Waals surface area contributed by atoms with E-state index in [4.69, 9.17) is 4.74 Å². The Balaban J connectivity index is 1.52. The van der Waals surface area contributed by atoms with Gasteiger partial charge >= 0.3 is 0 Å². The van der Waals surface area contributed by atoms with Crippen LogP contribution < -0.4 is 5.32 Å². The predicted molar refractivity (Wildman–Crippen MR) is 65.8 cm³/mol. The highest BCUT2D eigenvalue weighted by Crippen LogP contribution is 2.46. The Morgan fingerprint density at radius 3 is 2.78 bits per heavy atom. The van der Waals surface area contributed by atoms with Crippen LogP contribution in [0.4, 0.5) is 0 Å². The van der Waals surface area contributed by atoms with Gasteiger partial charge in [0.25, 0.3) is 0 Å². The molecule has 2 heterocycles. The van der Waals surface area contributed by atoms with E-state index in [2.05, 4.69) is 10.4 Å². The summed E-state index contributed by atoms with van der Waals surface area (Å²) in [5.74, 6) is 0.125. The molecule has 0 unspecified atom stereocenters. The zero-order valence-electron chi connectivity index (χ0n) is 10.7. The third-order valence-corrected chi connectivity index (χ3v) is 4.03. The molecular formula is C13H19N3O2. The summed E-state index contributed by atoms with van der Waals surface area (Å²) in [6.07, 6.45) is 6.10. The highest BCUT2D eigenvalue weighted by atomic mass is 16.5. The number of hydrogen-bond donors (Lipinski definition) is 1. The molecule has 2 fully saturated rings. The normalized spacial score (nSPS) is 23.2. The summed E-state index contributed by atoms with van der Waals surface area (Å²) in [7, 11) is 0. The summed E-state index contributed by atoms with van der Waals surface area (Å²) in [4.78, 5) is 12.0. The maximum absolute atomic E-state index is 12.0. The van der Waals surface area contributed by atoms with Crippen molar-refractivity contribution >= 4 is 5.91 Å². The summed E-state index contributed by atoms with van der Waals surface area (Å²) in [5.41, 5.74) is -0.0789. The fourth-order valence-corrected chi connectivity index (χ4v) is 2.33. The highest BCUT2D eigenvalue weighted by molar-refractivity contribution is 5.83. The van der Waals surface area contributed by atoms with Crippen molar-refractivity contribution in [1.82, 2.24) is 15.1 Å². The number of ether oxygens (including phenoxy) is 1. The molecule has 1 saturated carbocycles. The number of carbonyl (C=O) groups excluding carboxylic acids is 1. The van der Waals surface area contributed by atoms with Crippen LogP contribution in [0.25, 0.3) is 0 Å². The van der Waals surface area contributed by atoms with Gasteiger partial charge in [0.2, 0.25) is 5.91 Å². The summed E-state index contributed by atoms with van der Waals surface area (Å²) in [6.45, 7) is 4.70. The van der Waals surface area contributed by atoms with Crippen LogP contribution in [0.15, 0.2) is 18.5 Å². The van der Waals surface area contributed by atoms with E-state index in [1.807, 2.05) is 23.9 Å². The molecular weight excluding hydrogens is 230 g/mol. The molecule has 1 aliphatic carbocycles. The predicted octanol–water partition coefficient (Wildman–Crippen LogP) is 0.816. The van der Waals surface area contributed by atoms with E-state index in [1.165, 1.54) is 12.8 Å². The van der Waals surface area contributed by atoms with E-state index in [0.29, 0.717) is 13.2 Å². The van der Waals surface area contributed by atoms with Crippen molar-refractivity contribution in [3.05, 3.63) is 18.5 Å². The largest absolute Gasteiger partial charge is 0.379 e. The minimum absolute atomic E-state index is 0.125. The van der Waals surface area contributed by atoms with Gasteiger partial charge in [-0.2, -0.15) is 5.10 Å². The van der Waals surface area contributed by atoms with Crippen LogP contribution >= 0.6 is 0 Å². The Kier molecular flexibility index (Phi) is 2.66. The first kappa shape index (κ1) is 11.7. The number of aromatic nitrogens is 2. The fourth-order valence-electron chi connectivity index (χ4n) is 2.33. The highest BCUT2D eigenvalue weighted by Gasteiger charge is 2.46. The molecule has 1 amide bonds. The first-order valence-corrected chi connectivity index (χ1v) is 6.46. The number of amides is 1. The molecule has 2 aliphatic rings. The topological polar surface area (TPSA) is 56.2 Å². The zero-order valence-corrected chi connectivity index (χ0v) is 10.7. The number of nitrogens with one attached hydrogen (secondary N) is 1. The van der Waals surface area contributed by atoms with Gasteiger partial charge in [0, 0.05) is 30.9 Å². The SMILES string of the molecule is CC1(C(=O)NCC2(Cn3cccn3)CC2)COC1. The Morgan fingerprint density at radius 2 is 2.28 bits per heavy atom. The number of carbonyl (C=O) groups is 1. The molecule has 0 aromatic carbocycles. The maximum atomic E-state index is 12.0. The van der Waals surface area contributed by atoms with Gasteiger partial charge in [-0.05, 0) is 25.8 Å². The monoisotopic (exact) mass is 249 g/mol. The molecule has 98 valence electrons. The van der Waals surface area contributed by atoms with Gasteiger partial charge in [0.1, 0.15) is 0 Å². The van der Waals surface area contributed by atoms with Crippen molar-refractivity contribution < 1.29 is 9.53 Å². The quantitative estimate of drug-likeness (QED) is 0.840. The van der Waals surface area contributed by atoms with E-state index >= 15 is 0 Å². The molecule has 0 radical (unpaired) electrons. The zero-order chi connectivity index (χ0) is 12.6. The average molecular weight is 249 g/mol. The van der Waals surface area contributed by atoms with Gasteiger partial charge in [-0.25, -0.2) is 0 Å². The molecule has 1 aromatic rings. The third-order valence-electron chi connectivity index (χ3n) is 4.03. The maximum Gasteiger partial charge on any atom is 0.230 e. The van der Waals surface area contributed by atoms with Crippen LogP contribution in [-0.2, 0) is 16.1 Å². The van der Waals surface area contributed by atoms with Crippen molar-refractivity contribution in [2.24, 2.45) is 10.8 Å². The minimum Gasteiger partial charge on any atom is -0.379 e. The summed E-state index contributed by atoms with van der Waals surface area (Å²) >= 11 is 0. The Hall–Kier alpha value is -1.36. The van der Waals surface area contributed by atoms with Crippen molar-refractivity contribution in [2.75, 3.05) is 19.8 Å². The van der Waals surface area contributed by atoms with Crippen molar-refractivity contribution in [1.29, 1.82) is 0 Å². The number of hydrogen-bond acceptors (Lipinski definition) is 3. The van der Waals surface area contributed by atoms with Crippen LogP contribution in [0.3, 0.4) is 0 Å². The molecule has 1 N–H and O–H groups in total. The first-order valence-electron chi connectivity index (χ1n) is 6.46. The van der Waals surface area contributed by atoms with Crippen LogP contribution in [0.5, 0.6) is 0 Å². The molecule has 0 bridgehead atoms. The van der Waals surface area contributed by atoms with Crippen LogP contribution in [0.2, 0.25) is 0 Å². The first-order chi connectivity index (χ1) is 8.62. The van der Waals surface area contributed by atoms with Gasteiger partial charge in [0.05, 0.1) is 18.6 Å². The molecule has 1 saturated heterocycles. The van der Waals surface area contributed by atoms with Gasteiger partial charge in [-0.3, -0.25) is 9.48 Å². The lowest BCUT2D eigenvalue weighted by molar-refractivity contribution is -0.157. The minimum atomic E-state index is -0.304. The lowest BCUT2D eigenvalue weighted by Crippen LogP contribution is -2.53. The standard InChI is InChI=1S/C13H19N3O2/c1-12(9-18-10-12)11(17)14-7-13(3-4-13)8-16-6-2-5-15-16/h2,5-6H,3-4,7-10H2,1H3,(H,14,17). The Morgan fingerprint density at radius 1 is 1.50 bits per heavy atom. The second kappa shape index (κ2) is 4.09. The van der Waals surface area contributed by atoms with Gasteiger partial charge < -0.3 is 10.1 Å². The lowest BCUT2D eigenvalue weighted by Gasteiger charge is -2.36. The molecule has 5 nitrogen and oxygen atoms in total. The van der Waals surface area contributed by atoms with Crippen LogP contribution in [0, 0.1) is 10.8 Å². The lowest BCUT2D eigenvalue weighted by atomic mass is 9.87. The molecule has 0 atom stereocenters. The van der Waals surface area contributed by atoms with E-state index in [1.54, 1.807) is 6.20 Å². The van der Waals surface area contributed by atoms with Gasteiger partial charge in [0.15, 0.2) is 0 Å². The van der Waals surface area contributed by atoms with Crippen LogP contribution in [-0.4, -0.2) is 35.4 Å². The van der Waals surface area contributed by atoms with Crippen LogP contribution in [0.1, 0.15) is 19.8 Å². The summed E-state index contributed by atoms with van der Waals surface area (Å²) in [6, 6.07) is 1.93. The molecule has 3 rings (SSSR count). The average Bonchev–Trinajstić information content (AvgIpc) is 2.88. The van der Waals surface area contributed by atoms with E-state index in [0.717, 1.165) is 13.1 Å². The molecule has 1 aromatic heterocycles. The van der Waals surface area contributed by atoms with Crippen molar-refractivity contribution in [3.8, 4) is 0 Å². The molecule has 1 aliphatic heterocycles. The van der Waals surface area contributed by atoms with Crippen molar-refractivity contribution in [2.45, 2.75) is 26.3 Å². The second-order valence-electron chi connectivity index (χ2n) is 5.94. The van der Waals surface area contributed by atoms with E-state index in [9.17, 15) is 4.79 Å². The Bertz CT molecular complexity index is 433. The number of nitrogens with zero attached hydrogens (tertiary/aromatic N) is 2. The van der Waals surface area contributed by atoms with Crippen molar-refractivity contribution in [3.63, 3.8) is 0 Å². The van der Waals surface area contributed by atoms with Gasteiger partial charge in [-0.15, -0.1) is 0 Å². The van der Waals surface area contributed by atoms with E-state index in [-0.39, 0.29) is 16.7 Å². The molecule has 18 heavy (non-hydrogen) atoms. The smallest absolute Gasteiger partial charge is 0.230 e. The Labute approximate surface area is 107 Å². The molecule has 5 heteroatoms.